The molecule has 0 aromatic heterocycles. The fourth-order valence-electron chi connectivity index (χ4n) is 1.56. The van der Waals surface area contributed by atoms with Crippen molar-refractivity contribution in [1.29, 1.82) is 0 Å². The molecule has 0 fully saturated rings. The summed E-state index contributed by atoms with van der Waals surface area (Å²) in [7, 11) is -2.83. The first-order valence-electron chi connectivity index (χ1n) is 6.12. The molecule has 18 heavy (non-hydrogen) atoms. The third-order valence-electron chi connectivity index (χ3n) is 2.18. The molecule has 0 aliphatic heterocycles. The predicted octanol–water partition coefficient (Wildman–Crippen LogP) is 3.89. The van der Waals surface area contributed by atoms with E-state index in [0.29, 0.717) is 25.9 Å². The molecule has 0 amide bonds. The quantitative estimate of drug-likeness (QED) is 0.570. The van der Waals surface area contributed by atoms with Crippen LogP contribution in [0, 0.1) is 0 Å². The summed E-state index contributed by atoms with van der Waals surface area (Å²) in [6.45, 7) is 6.68. The minimum atomic E-state index is -2.83. The van der Waals surface area contributed by atoms with Crippen LogP contribution in [0.4, 0.5) is 13.2 Å². The minimum Gasteiger partial charge on any atom is -0.374 e. The Balaban J connectivity index is 4.43. The van der Waals surface area contributed by atoms with Crippen LogP contribution in [0.1, 0.15) is 33.6 Å². The molecule has 0 spiro atoms. The highest BCUT2D eigenvalue weighted by Crippen LogP contribution is 2.23. The molecule has 0 bridgehead atoms. The van der Waals surface area contributed by atoms with Crippen LogP contribution in [0.3, 0.4) is 0 Å². The summed E-state index contributed by atoms with van der Waals surface area (Å²) < 4.78 is 53.1. The van der Waals surface area contributed by atoms with E-state index >= 15 is 0 Å². The summed E-state index contributed by atoms with van der Waals surface area (Å²) >= 11 is 0. The molecule has 0 aromatic rings. The van der Waals surface area contributed by atoms with Crippen LogP contribution in [0.2, 0.25) is 6.04 Å². The van der Waals surface area contributed by atoms with Gasteiger partial charge in [-0.1, -0.05) is 0 Å². The molecule has 0 aliphatic carbocycles. The second-order valence-electron chi connectivity index (χ2n) is 3.50. The van der Waals surface area contributed by atoms with Crippen LogP contribution in [-0.2, 0) is 13.3 Å². The van der Waals surface area contributed by atoms with Crippen LogP contribution >= 0.6 is 0 Å². The van der Waals surface area contributed by atoms with E-state index in [1.165, 1.54) is 0 Å². The number of allylic oxidation sites excluding steroid dienone is 1. The molecular formula is C11H21F3O3Si. The number of halogens is 3. The topological polar surface area (TPSA) is 27.7 Å². The van der Waals surface area contributed by atoms with Crippen molar-refractivity contribution in [3.63, 3.8) is 0 Å². The third-order valence-corrected chi connectivity index (χ3v) is 5.33. The number of hydrogen-bond donors (Lipinski definition) is 0. The van der Waals surface area contributed by atoms with E-state index in [2.05, 4.69) is 0 Å². The van der Waals surface area contributed by atoms with Gasteiger partial charge in [0, 0.05) is 32.3 Å². The molecule has 0 aromatic carbocycles. The van der Waals surface area contributed by atoms with Gasteiger partial charge in [-0.2, -0.15) is 8.78 Å². The molecule has 0 radical (unpaired) electrons. The SMILES string of the molecule is CCO[Si](CCCC(F)=C(F)F)(OCC)OCC. The number of hydrogen-bond acceptors (Lipinski definition) is 3. The van der Waals surface area contributed by atoms with Crippen molar-refractivity contribution in [1.82, 2.24) is 0 Å². The van der Waals surface area contributed by atoms with Crippen molar-refractivity contribution in [2.24, 2.45) is 0 Å². The minimum absolute atomic E-state index is 0.218. The van der Waals surface area contributed by atoms with Gasteiger partial charge >= 0.3 is 14.9 Å². The van der Waals surface area contributed by atoms with Crippen molar-refractivity contribution in [2.75, 3.05) is 19.8 Å². The molecule has 3 nitrogen and oxygen atoms in total. The van der Waals surface area contributed by atoms with Gasteiger partial charge in [0.2, 0.25) is 0 Å². The highest BCUT2D eigenvalue weighted by Gasteiger charge is 2.39. The molecule has 0 aliphatic rings. The van der Waals surface area contributed by atoms with Crippen LogP contribution in [-0.4, -0.2) is 28.6 Å². The van der Waals surface area contributed by atoms with Gasteiger partial charge in [0.1, 0.15) is 0 Å². The molecule has 108 valence electrons. The fourth-order valence-corrected chi connectivity index (χ4v) is 4.17. The fraction of sp³-hybridized carbons (Fsp3) is 0.818. The maximum absolute atomic E-state index is 12.7. The van der Waals surface area contributed by atoms with Gasteiger partial charge in [-0.25, -0.2) is 4.39 Å². The summed E-state index contributed by atoms with van der Waals surface area (Å²) in [4.78, 5) is 0. The lowest BCUT2D eigenvalue weighted by Gasteiger charge is -2.28. The van der Waals surface area contributed by atoms with Crippen LogP contribution < -0.4 is 0 Å². The van der Waals surface area contributed by atoms with E-state index in [-0.39, 0.29) is 12.8 Å². The second-order valence-corrected chi connectivity index (χ2v) is 6.23. The first-order chi connectivity index (χ1) is 8.51. The first-order valence-corrected chi connectivity index (χ1v) is 8.06. The second kappa shape index (κ2) is 9.54. The highest BCUT2D eigenvalue weighted by molar-refractivity contribution is 6.60. The molecule has 0 saturated heterocycles. The van der Waals surface area contributed by atoms with Crippen LogP contribution in [0.25, 0.3) is 0 Å². The van der Waals surface area contributed by atoms with E-state index in [0.717, 1.165) is 0 Å². The summed E-state index contributed by atoms with van der Waals surface area (Å²) in [6, 6.07) is 0.337. The molecule has 0 rings (SSSR count). The molecular weight excluding hydrogens is 265 g/mol. The Morgan fingerprint density at radius 3 is 1.67 bits per heavy atom. The van der Waals surface area contributed by atoms with Crippen molar-refractivity contribution >= 4 is 8.80 Å². The van der Waals surface area contributed by atoms with Crippen molar-refractivity contribution < 1.29 is 26.4 Å². The Hall–Kier alpha value is -0.373. The number of rotatable bonds is 10. The summed E-state index contributed by atoms with van der Waals surface area (Å²) in [5.74, 6) is -1.37. The highest BCUT2D eigenvalue weighted by atomic mass is 28.4. The average Bonchev–Trinajstić information content (AvgIpc) is 2.29. The zero-order valence-electron chi connectivity index (χ0n) is 11.1. The first kappa shape index (κ1) is 17.6. The molecule has 0 saturated carbocycles. The van der Waals surface area contributed by atoms with Gasteiger partial charge in [0.15, 0.2) is 5.83 Å². The maximum Gasteiger partial charge on any atom is 0.500 e. The zero-order chi connectivity index (χ0) is 14.0. The summed E-state index contributed by atoms with van der Waals surface area (Å²) in [6.07, 6.45) is -2.36. The summed E-state index contributed by atoms with van der Waals surface area (Å²) in [5, 5.41) is 0. The van der Waals surface area contributed by atoms with Crippen LogP contribution in [0.15, 0.2) is 11.9 Å². The van der Waals surface area contributed by atoms with Gasteiger partial charge < -0.3 is 13.3 Å². The lowest BCUT2D eigenvalue weighted by atomic mass is 10.3. The van der Waals surface area contributed by atoms with Gasteiger partial charge in [0.05, 0.1) is 0 Å². The van der Waals surface area contributed by atoms with Gasteiger partial charge in [-0.05, 0) is 27.2 Å². The third kappa shape index (κ3) is 6.53. The Labute approximate surface area is 107 Å². The van der Waals surface area contributed by atoms with E-state index in [1.807, 2.05) is 20.8 Å². The van der Waals surface area contributed by atoms with Crippen molar-refractivity contribution in [2.45, 2.75) is 39.7 Å². The lowest BCUT2D eigenvalue weighted by molar-refractivity contribution is 0.0707. The monoisotopic (exact) mass is 286 g/mol. The van der Waals surface area contributed by atoms with E-state index < -0.39 is 20.7 Å². The van der Waals surface area contributed by atoms with Crippen LogP contribution in [0.5, 0.6) is 0 Å². The zero-order valence-corrected chi connectivity index (χ0v) is 12.1. The molecule has 0 N–H and O–H groups in total. The van der Waals surface area contributed by atoms with E-state index in [4.69, 9.17) is 13.3 Å². The molecule has 0 atom stereocenters. The Morgan fingerprint density at radius 1 is 0.889 bits per heavy atom. The Bertz CT molecular complexity index is 241. The van der Waals surface area contributed by atoms with Gasteiger partial charge in [-0.3, -0.25) is 0 Å². The van der Waals surface area contributed by atoms with E-state index in [9.17, 15) is 13.2 Å². The predicted molar refractivity (Wildman–Crippen MR) is 65.0 cm³/mol. The Kier molecular flexibility index (Phi) is 9.35. The van der Waals surface area contributed by atoms with Gasteiger partial charge in [0.25, 0.3) is 0 Å². The summed E-state index contributed by atoms with van der Waals surface area (Å²) in [5.41, 5.74) is 0. The normalized spacial score (nSPS) is 11.7. The standard InChI is InChI=1S/C11H21F3O3Si/c1-4-15-18(16-5-2,17-6-3)9-7-8-10(12)11(13)14/h4-9H2,1-3H3. The lowest BCUT2D eigenvalue weighted by Crippen LogP contribution is -2.45. The molecule has 0 heterocycles. The Morgan fingerprint density at radius 2 is 1.33 bits per heavy atom. The molecule has 0 unspecified atom stereocenters. The molecule has 7 heteroatoms. The van der Waals surface area contributed by atoms with Gasteiger partial charge in [-0.15, -0.1) is 0 Å². The largest absolute Gasteiger partial charge is 0.500 e. The van der Waals surface area contributed by atoms with Crippen molar-refractivity contribution in [3.8, 4) is 0 Å². The maximum atomic E-state index is 12.7. The van der Waals surface area contributed by atoms with Crippen molar-refractivity contribution in [3.05, 3.63) is 11.9 Å². The average molecular weight is 286 g/mol. The smallest absolute Gasteiger partial charge is 0.374 e. The van der Waals surface area contributed by atoms with E-state index in [1.54, 1.807) is 0 Å².